The molecule has 0 amide bonds. The van der Waals surface area contributed by atoms with E-state index in [1.165, 1.54) is 0 Å². The van der Waals surface area contributed by atoms with Crippen molar-refractivity contribution in [3.8, 4) is 0 Å². The van der Waals surface area contributed by atoms with Gasteiger partial charge in [0.05, 0.1) is 5.69 Å². The van der Waals surface area contributed by atoms with Crippen molar-refractivity contribution in [1.82, 2.24) is 9.97 Å². The summed E-state index contributed by atoms with van der Waals surface area (Å²) in [5, 5.41) is 12.1. The van der Waals surface area contributed by atoms with Crippen LogP contribution in [0.3, 0.4) is 0 Å². The third kappa shape index (κ3) is 2.17. The number of hydrogen-bond acceptors (Lipinski definition) is 4. The van der Waals surface area contributed by atoms with E-state index in [2.05, 4.69) is 15.3 Å². The molecule has 4 heteroatoms. The maximum atomic E-state index is 9.26. The van der Waals surface area contributed by atoms with E-state index in [0.717, 1.165) is 5.69 Å². The SMILES string of the molecule is CCC(O)Nc1nccnc1C. The Morgan fingerprint density at radius 1 is 1.50 bits per heavy atom. The molecule has 0 aliphatic carbocycles. The number of anilines is 1. The first-order valence-corrected chi connectivity index (χ1v) is 3.96. The molecule has 0 aliphatic rings. The van der Waals surface area contributed by atoms with Crippen LogP contribution in [0.5, 0.6) is 0 Å². The molecule has 0 spiro atoms. The summed E-state index contributed by atoms with van der Waals surface area (Å²) in [5.74, 6) is 0.645. The largest absolute Gasteiger partial charge is 0.374 e. The van der Waals surface area contributed by atoms with Gasteiger partial charge in [-0.2, -0.15) is 0 Å². The van der Waals surface area contributed by atoms with Gasteiger partial charge in [-0.15, -0.1) is 0 Å². The van der Waals surface area contributed by atoms with E-state index in [0.29, 0.717) is 12.2 Å². The van der Waals surface area contributed by atoms with Crippen molar-refractivity contribution in [2.24, 2.45) is 0 Å². The van der Waals surface area contributed by atoms with Gasteiger partial charge >= 0.3 is 0 Å². The second-order valence-corrected chi connectivity index (χ2v) is 2.56. The summed E-state index contributed by atoms with van der Waals surface area (Å²) in [6.45, 7) is 3.74. The van der Waals surface area contributed by atoms with Crippen molar-refractivity contribution in [1.29, 1.82) is 0 Å². The second-order valence-electron chi connectivity index (χ2n) is 2.56. The predicted molar refractivity (Wildman–Crippen MR) is 46.7 cm³/mol. The fraction of sp³-hybridized carbons (Fsp3) is 0.500. The summed E-state index contributed by atoms with van der Waals surface area (Å²) < 4.78 is 0. The molecule has 0 aromatic carbocycles. The highest BCUT2D eigenvalue weighted by molar-refractivity contribution is 5.38. The van der Waals surface area contributed by atoms with Gasteiger partial charge in [0, 0.05) is 12.4 Å². The van der Waals surface area contributed by atoms with Gasteiger partial charge in [0.2, 0.25) is 0 Å². The van der Waals surface area contributed by atoms with E-state index in [-0.39, 0.29) is 0 Å². The van der Waals surface area contributed by atoms with Gasteiger partial charge in [0.1, 0.15) is 12.0 Å². The Hall–Kier alpha value is -1.16. The zero-order valence-corrected chi connectivity index (χ0v) is 7.28. The lowest BCUT2D eigenvalue weighted by Gasteiger charge is -2.11. The Labute approximate surface area is 71.7 Å². The minimum absolute atomic E-state index is 0.541. The quantitative estimate of drug-likeness (QED) is 0.657. The number of aliphatic hydroxyl groups excluding tert-OH is 1. The summed E-state index contributed by atoms with van der Waals surface area (Å²) in [7, 11) is 0. The molecule has 4 nitrogen and oxygen atoms in total. The van der Waals surface area contributed by atoms with Crippen LogP contribution < -0.4 is 5.32 Å². The number of nitrogens with zero attached hydrogens (tertiary/aromatic N) is 2. The molecule has 0 aliphatic heterocycles. The minimum Gasteiger partial charge on any atom is -0.374 e. The van der Waals surface area contributed by atoms with Crippen molar-refractivity contribution in [2.45, 2.75) is 26.5 Å². The lowest BCUT2D eigenvalue weighted by Crippen LogP contribution is -2.18. The van der Waals surface area contributed by atoms with Crippen molar-refractivity contribution < 1.29 is 5.11 Å². The van der Waals surface area contributed by atoms with Crippen LogP contribution in [0.2, 0.25) is 0 Å². The highest BCUT2D eigenvalue weighted by atomic mass is 16.3. The van der Waals surface area contributed by atoms with Crippen molar-refractivity contribution in [3.63, 3.8) is 0 Å². The minimum atomic E-state index is -0.541. The topological polar surface area (TPSA) is 58.0 Å². The van der Waals surface area contributed by atoms with Gasteiger partial charge in [0.25, 0.3) is 0 Å². The Bertz CT molecular complexity index is 252. The maximum Gasteiger partial charge on any atom is 0.149 e. The third-order valence-corrected chi connectivity index (χ3v) is 1.57. The number of hydrogen-bond donors (Lipinski definition) is 2. The van der Waals surface area contributed by atoms with Crippen LogP contribution in [0.25, 0.3) is 0 Å². The average molecular weight is 167 g/mol. The van der Waals surface area contributed by atoms with Crippen molar-refractivity contribution >= 4 is 5.82 Å². The lowest BCUT2D eigenvalue weighted by molar-refractivity contribution is 0.199. The van der Waals surface area contributed by atoms with E-state index in [1.807, 2.05) is 13.8 Å². The highest BCUT2D eigenvalue weighted by Crippen LogP contribution is 2.07. The number of aromatic nitrogens is 2. The Morgan fingerprint density at radius 2 is 2.17 bits per heavy atom. The third-order valence-electron chi connectivity index (χ3n) is 1.57. The Kier molecular flexibility index (Phi) is 2.99. The molecule has 0 fully saturated rings. The molecule has 1 unspecified atom stereocenters. The molecule has 2 N–H and O–H groups in total. The van der Waals surface area contributed by atoms with Crippen LogP contribution >= 0.6 is 0 Å². The predicted octanol–water partition coefficient (Wildman–Crippen LogP) is 0.925. The van der Waals surface area contributed by atoms with Gasteiger partial charge in [-0.25, -0.2) is 4.98 Å². The molecule has 1 aromatic rings. The van der Waals surface area contributed by atoms with E-state index >= 15 is 0 Å². The van der Waals surface area contributed by atoms with Crippen LogP contribution in [0, 0.1) is 6.92 Å². The highest BCUT2D eigenvalue weighted by Gasteiger charge is 2.03. The van der Waals surface area contributed by atoms with Gasteiger partial charge in [-0.1, -0.05) is 6.92 Å². The summed E-state index contributed by atoms with van der Waals surface area (Å²) in [6, 6.07) is 0. The molecule has 0 bridgehead atoms. The standard InChI is InChI=1S/C8H13N3O/c1-3-7(12)11-8-6(2)9-4-5-10-8/h4-5,7,12H,3H2,1-2H3,(H,10,11). The van der Waals surface area contributed by atoms with Crippen LogP contribution in [0.1, 0.15) is 19.0 Å². The average Bonchev–Trinajstić information content (AvgIpc) is 2.09. The molecule has 66 valence electrons. The monoisotopic (exact) mass is 167 g/mol. The molecular formula is C8H13N3O. The normalized spacial score (nSPS) is 12.6. The first kappa shape index (κ1) is 8.93. The molecule has 0 saturated heterocycles. The van der Waals surface area contributed by atoms with Crippen molar-refractivity contribution in [2.75, 3.05) is 5.32 Å². The van der Waals surface area contributed by atoms with Crippen LogP contribution in [-0.2, 0) is 0 Å². The molecule has 1 rings (SSSR count). The van der Waals surface area contributed by atoms with Gasteiger partial charge < -0.3 is 10.4 Å². The second kappa shape index (κ2) is 4.01. The van der Waals surface area contributed by atoms with Crippen LogP contribution in [-0.4, -0.2) is 21.3 Å². The molecular weight excluding hydrogens is 154 g/mol. The first-order valence-electron chi connectivity index (χ1n) is 3.96. The number of aryl methyl sites for hydroxylation is 1. The number of rotatable bonds is 3. The van der Waals surface area contributed by atoms with Crippen molar-refractivity contribution in [3.05, 3.63) is 18.1 Å². The fourth-order valence-corrected chi connectivity index (χ4v) is 0.809. The molecule has 1 aromatic heterocycles. The molecule has 0 saturated carbocycles. The van der Waals surface area contributed by atoms with Gasteiger partial charge in [-0.3, -0.25) is 4.98 Å². The van der Waals surface area contributed by atoms with Gasteiger partial charge in [-0.05, 0) is 13.3 Å². The van der Waals surface area contributed by atoms with Crippen LogP contribution in [0.15, 0.2) is 12.4 Å². The fourth-order valence-electron chi connectivity index (χ4n) is 0.809. The molecule has 12 heavy (non-hydrogen) atoms. The Morgan fingerprint density at radius 3 is 2.75 bits per heavy atom. The van der Waals surface area contributed by atoms with E-state index in [4.69, 9.17) is 0 Å². The number of nitrogens with one attached hydrogen (secondary N) is 1. The zero-order valence-electron chi connectivity index (χ0n) is 7.28. The Balaban J connectivity index is 2.69. The molecule has 1 heterocycles. The first-order chi connectivity index (χ1) is 5.74. The summed E-state index contributed by atoms with van der Waals surface area (Å²) in [6.07, 6.45) is 3.33. The lowest BCUT2D eigenvalue weighted by atomic mass is 10.4. The van der Waals surface area contributed by atoms with Crippen LogP contribution in [0.4, 0.5) is 5.82 Å². The molecule has 1 atom stereocenters. The summed E-state index contributed by atoms with van der Waals surface area (Å²) >= 11 is 0. The van der Waals surface area contributed by atoms with E-state index < -0.39 is 6.23 Å². The van der Waals surface area contributed by atoms with E-state index in [9.17, 15) is 5.11 Å². The zero-order chi connectivity index (χ0) is 8.97. The molecule has 0 radical (unpaired) electrons. The number of aliphatic hydroxyl groups is 1. The smallest absolute Gasteiger partial charge is 0.149 e. The van der Waals surface area contributed by atoms with E-state index in [1.54, 1.807) is 12.4 Å². The summed E-state index contributed by atoms with van der Waals surface area (Å²) in [4.78, 5) is 8.06. The van der Waals surface area contributed by atoms with Gasteiger partial charge in [0.15, 0.2) is 0 Å². The summed E-state index contributed by atoms with van der Waals surface area (Å²) in [5.41, 5.74) is 0.796. The maximum absolute atomic E-state index is 9.26.